The van der Waals surface area contributed by atoms with Crippen LogP contribution in [-0.4, -0.2) is 34.0 Å². The molecule has 3 rings (SSSR count). The first kappa shape index (κ1) is 15.7. The maximum Gasteiger partial charge on any atom is 0.240 e. The fourth-order valence-corrected chi connectivity index (χ4v) is 2.87. The van der Waals surface area contributed by atoms with Crippen LogP contribution in [0.25, 0.3) is 0 Å². The second-order valence-corrected chi connectivity index (χ2v) is 5.89. The number of carbonyl (C=O) groups excluding carboxylic acids is 1. The lowest BCUT2D eigenvalue weighted by Crippen LogP contribution is -2.40. The molecule has 0 aliphatic carbocycles. The Bertz CT molecular complexity index is 641. The lowest BCUT2D eigenvalue weighted by Gasteiger charge is -2.30. The Morgan fingerprint density at radius 2 is 2.22 bits per heavy atom. The molecule has 0 spiro atoms. The van der Waals surface area contributed by atoms with E-state index in [-0.39, 0.29) is 11.8 Å². The molecule has 0 saturated carbocycles. The minimum atomic E-state index is -0.00229. The summed E-state index contributed by atoms with van der Waals surface area (Å²) >= 11 is 0. The molecule has 0 radical (unpaired) electrons. The quantitative estimate of drug-likeness (QED) is 0.918. The van der Waals surface area contributed by atoms with Gasteiger partial charge in [-0.05, 0) is 31.5 Å². The van der Waals surface area contributed by atoms with E-state index in [9.17, 15) is 4.79 Å². The van der Waals surface area contributed by atoms with Crippen LogP contribution in [0.3, 0.4) is 0 Å². The largest absolute Gasteiger partial charge is 0.338 e. The molecule has 23 heavy (non-hydrogen) atoms. The monoisotopic (exact) mass is 314 g/mol. The first-order chi connectivity index (χ1) is 11.2. The lowest BCUT2D eigenvalue weighted by atomic mass is 9.97. The number of aryl methyl sites for hydroxylation is 1. The molecule has 122 valence electrons. The number of hydrogen-bond donors (Lipinski definition) is 1. The van der Waals surface area contributed by atoms with Gasteiger partial charge < -0.3 is 9.84 Å². The van der Waals surface area contributed by atoms with Gasteiger partial charge in [-0.1, -0.05) is 30.3 Å². The molecule has 2 heterocycles. The van der Waals surface area contributed by atoms with E-state index in [1.807, 2.05) is 37.3 Å². The highest BCUT2D eigenvalue weighted by Crippen LogP contribution is 2.20. The second-order valence-electron chi connectivity index (χ2n) is 5.89. The molecule has 1 N–H and O–H groups in total. The highest BCUT2D eigenvalue weighted by Gasteiger charge is 2.26. The van der Waals surface area contributed by atoms with Crippen LogP contribution in [0.4, 0.5) is 5.69 Å². The van der Waals surface area contributed by atoms with Crippen LogP contribution >= 0.6 is 0 Å². The van der Waals surface area contributed by atoms with Gasteiger partial charge in [0.2, 0.25) is 11.8 Å². The van der Waals surface area contributed by atoms with E-state index in [1.54, 1.807) is 0 Å². The molecule has 0 unspecified atom stereocenters. The molecule has 1 aliphatic rings. The molecule has 0 bridgehead atoms. The summed E-state index contributed by atoms with van der Waals surface area (Å²) in [5.74, 6) is 1.44. The molecule has 1 aromatic carbocycles. The van der Waals surface area contributed by atoms with Gasteiger partial charge >= 0.3 is 0 Å². The predicted octanol–water partition coefficient (Wildman–Crippen LogP) is 2.48. The zero-order valence-electron chi connectivity index (χ0n) is 13.4. The molecule has 6 heteroatoms. The molecule has 1 atom stereocenters. The van der Waals surface area contributed by atoms with Gasteiger partial charge in [-0.15, -0.1) is 0 Å². The van der Waals surface area contributed by atoms with Crippen molar-refractivity contribution in [3.05, 3.63) is 42.0 Å². The predicted molar refractivity (Wildman–Crippen MR) is 86.7 cm³/mol. The maximum absolute atomic E-state index is 12.4. The smallest absolute Gasteiger partial charge is 0.240 e. The van der Waals surface area contributed by atoms with E-state index in [1.165, 1.54) is 0 Å². The third-order valence-electron chi connectivity index (χ3n) is 4.10. The molecular weight excluding hydrogens is 292 g/mol. The number of likely N-dealkylation sites (tertiary alicyclic amines) is 1. The number of hydrogen-bond acceptors (Lipinski definition) is 5. The van der Waals surface area contributed by atoms with Crippen molar-refractivity contribution in [1.29, 1.82) is 0 Å². The van der Waals surface area contributed by atoms with Gasteiger partial charge in [0.1, 0.15) is 0 Å². The van der Waals surface area contributed by atoms with Crippen LogP contribution in [0.5, 0.6) is 0 Å². The van der Waals surface area contributed by atoms with Gasteiger partial charge in [0.05, 0.1) is 12.5 Å². The number of nitrogens with zero attached hydrogens (tertiary/aromatic N) is 3. The number of aromatic nitrogens is 2. The maximum atomic E-state index is 12.4. The Balaban J connectivity index is 1.56. The molecule has 2 aromatic rings. The van der Waals surface area contributed by atoms with Crippen molar-refractivity contribution in [3.8, 4) is 0 Å². The Hall–Kier alpha value is -2.21. The van der Waals surface area contributed by atoms with Crippen molar-refractivity contribution >= 4 is 11.6 Å². The minimum absolute atomic E-state index is 0.00229. The Labute approximate surface area is 135 Å². The van der Waals surface area contributed by atoms with E-state index in [4.69, 9.17) is 4.52 Å². The van der Waals surface area contributed by atoms with E-state index >= 15 is 0 Å². The Morgan fingerprint density at radius 3 is 2.96 bits per heavy atom. The zero-order valence-corrected chi connectivity index (χ0v) is 13.4. The third-order valence-corrected chi connectivity index (χ3v) is 4.10. The number of piperidine rings is 1. The number of anilines is 1. The molecule has 1 fully saturated rings. The normalized spacial score (nSPS) is 18.7. The van der Waals surface area contributed by atoms with E-state index in [0.717, 1.165) is 43.9 Å². The minimum Gasteiger partial charge on any atom is -0.338 e. The molecule has 1 aromatic heterocycles. The molecule has 1 saturated heterocycles. The summed E-state index contributed by atoms with van der Waals surface area (Å²) in [4.78, 5) is 19.0. The standard InChI is InChI=1S/C17H22N4O2/c1-2-15-19-16(23-20-15)12-21-10-6-7-13(11-21)17(22)18-14-8-4-3-5-9-14/h3-5,8-9,13H,2,6-7,10-12H2,1H3,(H,18,22)/t13-/m1/s1. The fourth-order valence-electron chi connectivity index (χ4n) is 2.87. The van der Waals surface area contributed by atoms with Gasteiger partial charge in [0.15, 0.2) is 5.82 Å². The average molecular weight is 314 g/mol. The van der Waals surface area contributed by atoms with Crippen molar-refractivity contribution in [2.45, 2.75) is 32.7 Å². The number of para-hydroxylation sites is 1. The second kappa shape index (κ2) is 7.37. The Morgan fingerprint density at radius 1 is 1.39 bits per heavy atom. The lowest BCUT2D eigenvalue weighted by molar-refractivity contribution is -0.121. The number of rotatable bonds is 5. The van der Waals surface area contributed by atoms with Crippen molar-refractivity contribution in [3.63, 3.8) is 0 Å². The number of carbonyl (C=O) groups is 1. The summed E-state index contributed by atoms with van der Waals surface area (Å²) < 4.78 is 5.25. The van der Waals surface area contributed by atoms with Crippen LogP contribution in [0, 0.1) is 5.92 Å². The first-order valence-electron chi connectivity index (χ1n) is 8.14. The highest BCUT2D eigenvalue weighted by atomic mass is 16.5. The van der Waals surface area contributed by atoms with Gasteiger partial charge in [-0.2, -0.15) is 4.98 Å². The summed E-state index contributed by atoms with van der Waals surface area (Å²) in [6.07, 6.45) is 2.69. The topological polar surface area (TPSA) is 71.3 Å². The van der Waals surface area contributed by atoms with Gasteiger partial charge in [-0.3, -0.25) is 9.69 Å². The number of amides is 1. The summed E-state index contributed by atoms with van der Waals surface area (Å²) in [5, 5.41) is 6.91. The molecule has 6 nitrogen and oxygen atoms in total. The van der Waals surface area contributed by atoms with Crippen molar-refractivity contribution in [1.82, 2.24) is 15.0 Å². The Kier molecular flexibility index (Phi) is 5.02. The SMILES string of the molecule is CCc1noc(CN2CCC[C@@H](C(=O)Nc3ccccc3)C2)n1. The van der Waals surface area contributed by atoms with Crippen molar-refractivity contribution < 1.29 is 9.32 Å². The van der Waals surface area contributed by atoms with E-state index in [0.29, 0.717) is 12.4 Å². The van der Waals surface area contributed by atoms with Crippen LogP contribution in [0.1, 0.15) is 31.5 Å². The number of benzene rings is 1. The van der Waals surface area contributed by atoms with E-state index in [2.05, 4.69) is 20.4 Å². The van der Waals surface area contributed by atoms with E-state index < -0.39 is 0 Å². The van der Waals surface area contributed by atoms with Crippen molar-refractivity contribution in [2.75, 3.05) is 18.4 Å². The third kappa shape index (κ3) is 4.16. The van der Waals surface area contributed by atoms with Gasteiger partial charge in [0, 0.05) is 18.7 Å². The number of nitrogens with one attached hydrogen (secondary N) is 1. The fraction of sp³-hybridized carbons (Fsp3) is 0.471. The summed E-state index contributed by atoms with van der Waals surface area (Å²) in [5.41, 5.74) is 0.846. The zero-order chi connectivity index (χ0) is 16.1. The molecule has 1 aliphatic heterocycles. The summed E-state index contributed by atoms with van der Waals surface area (Å²) in [6, 6.07) is 9.59. The average Bonchev–Trinajstić information content (AvgIpc) is 3.03. The highest BCUT2D eigenvalue weighted by molar-refractivity contribution is 5.92. The first-order valence-corrected chi connectivity index (χ1v) is 8.14. The molecular formula is C17H22N4O2. The summed E-state index contributed by atoms with van der Waals surface area (Å²) in [6.45, 7) is 4.29. The summed E-state index contributed by atoms with van der Waals surface area (Å²) in [7, 11) is 0. The van der Waals surface area contributed by atoms with Crippen LogP contribution in [0.15, 0.2) is 34.9 Å². The van der Waals surface area contributed by atoms with Crippen LogP contribution in [0.2, 0.25) is 0 Å². The van der Waals surface area contributed by atoms with Crippen molar-refractivity contribution in [2.24, 2.45) is 5.92 Å². The van der Waals surface area contributed by atoms with Crippen LogP contribution < -0.4 is 5.32 Å². The van der Waals surface area contributed by atoms with Crippen LogP contribution in [-0.2, 0) is 17.8 Å². The van der Waals surface area contributed by atoms with Gasteiger partial charge in [0.25, 0.3) is 0 Å². The van der Waals surface area contributed by atoms with Gasteiger partial charge in [-0.25, -0.2) is 0 Å². The molecule has 1 amide bonds.